The van der Waals surface area contributed by atoms with Crippen LogP contribution < -0.4 is 14.8 Å². The first-order chi connectivity index (χ1) is 14.8. The number of aromatic hydroxyl groups is 1. The smallest absolute Gasteiger partial charge is 0.257 e. The lowest BCUT2D eigenvalue weighted by atomic mass is 10.0. The first kappa shape index (κ1) is 23.9. The number of ketones is 1. The summed E-state index contributed by atoms with van der Waals surface area (Å²) >= 11 is 0. The van der Waals surface area contributed by atoms with Crippen molar-refractivity contribution in [3.63, 3.8) is 0 Å². The summed E-state index contributed by atoms with van der Waals surface area (Å²) in [5.74, 6) is 0.224. The quantitative estimate of drug-likeness (QED) is 0.414. The van der Waals surface area contributed by atoms with Crippen LogP contribution in [-0.2, 0) is 11.2 Å². The van der Waals surface area contributed by atoms with Crippen LogP contribution >= 0.6 is 0 Å². The average molecular weight is 427 g/mol. The van der Waals surface area contributed by atoms with Gasteiger partial charge in [-0.1, -0.05) is 13.3 Å². The number of hydrogen-bond donors (Lipinski definition) is 2. The van der Waals surface area contributed by atoms with Gasteiger partial charge in [-0.15, -0.1) is 0 Å². The second kappa shape index (κ2) is 11.7. The van der Waals surface area contributed by atoms with Gasteiger partial charge in [0.25, 0.3) is 5.91 Å². The number of carbonyl (C=O) groups excluding carboxylic acids is 3. The number of Topliss-reactive ketones (excluding diaryl/α,β-unsaturated/α-hetero) is 1. The van der Waals surface area contributed by atoms with E-state index in [0.29, 0.717) is 47.8 Å². The van der Waals surface area contributed by atoms with E-state index in [4.69, 9.17) is 9.47 Å². The van der Waals surface area contributed by atoms with Crippen LogP contribution in [0.15, 0.2) is 36.4 Å². The standard InChI is InChI=1S/C24H29NO6/c1-4-7-21-22(13-12-20(16(2)26)23(21)28)31-15-6-5-14-30-19-10-8-18(9-11-19)24(29)25-17(3)27/h8-13,28H,4-7,14-15H2,1-3H3,(H,25,27,29). The number of hydrogen-bond acceptors (Lipinski definition) is 6. The minimum atomic E-state index is -0.444. The predicted octanol–water partition coefficient (Wildman–Crippen LogP) is 4.06. The third-order valence-corrected chi connectivity index (χ3v) is 4.59. The number of benzene rings is 2. The van der Waals surface area contributed by atoms with Gasteiger partial charge in [0, 0.05) is 18.1 Å². The maximum Gasteiger partial charge on any atom is 0.257 e. The van der Waals surface area contributed by atoms with E-state index in [-0.39, 0.29) is 11.5 Å². The summed E-state index contributed by atoms with van der Waals surface area (Å²) in [6, 6.07) is 9.90. The Kier molecular flexibility index (Phi) is 9.06. The van der Waals surface area contributed by atoms with Gasteiger partial charge in [-0.2, -0.15) is 0 Å². The third-order valence-electron chi connectivity index (χ3n) is 4.59. The molecule has 7 nitrogen and oxygen atoms in total. The Morgan fingerprint density at radius 3 is 2.16 bits per heavy atom. The number of rotatable bonds is 11. The normalized spacial score (nSPS) is 10.4. The highest BCUT2D eigenvalue weighted by molar-refractivity contribution is 6.04. The Labute approximate surface area is 182 Å². The average Bonchev–Trinajstić information content (AvgIpc) is 2.72. The number of nitrogens with one attached hydrogen (secondary N) is 1. The van der Waals surface area contributed by atoms with Gasteiger partial charge in [0.1, 0.15) is 17.2 Å². The number of carbonyl (C=O) groups is 3. The lowest BCUT2D eigenvalue weighted by molar-refractivity contribution is -0.118. The molecule has 0 atom stereocenters. The van der Waals surface area contributed by atoms with Crippen LogP contribution in [0.25, 0.3) is 0 Å². The summed E-state index contributed by atoms with van der Waals surface area (Å²) in [5, 5.41) is 12.6. The topological polar surface area (TPSA) is 102 Å². The van der Waals surface area contributed by atoms with Gasteiger partial charge < -0.3 is 14.6 Å². The van der Waals surface area contributed by atoms with Gasteiger partial charge in [0.05, 0.1) is 18.8 Å². The van der Waals surface area contributed by atoms with Gasteiger partial charge in [0.15, 0.2) is 5.78 Å². The molecule has 0 saturated heterocycles. The van der Waals surface area contributed by atoms with E-state index in [0.717, 1.165) is 19.3 Å². The van der Waals surface area contributed by atoms with E-state index in [1.807, 2.05) is 6.92 Å². The first-order valence-corrected chi connectivity index (χ1v) is 10.4. The van der Waals surface area contributed by atoms with E-state index >= 15 is 0 Å². The van der Waals surface area contributed by atoms with Crippen molar-refractivity contribution in [2.45, 2.75) is 46.5 Å². The van der Waals surface area contributed by atoms with E-state index in [1.54, 1.807) is 36.4 Å². The first-order valence-electron chi connectivity index (χ1n) is 10.4. The highest BCUT2D eigenvalue weighted by Crippen LogP contribution is 2.33. The van der Waals surface area contributed by atoms with Gasteiger partial charge >= 0.3 is 0 Å². The van der Waals surface area contributed by atoms with Crippen molar-refractivity contribution < 1.29 is 29.0 Å². The van der Waals surface area contributed by atoms with E-state index in [2.05, 4.69) is 5.32 Å². The highest BCUT2D eigenvalue weighted by atomic mass is 16.5. The van der Waals surface area contributed by atoms with Crippen LogP contribution in [-0.4, -0.2) is 35.9 Å². The summed E-state index contributed by atoms with van der Waals surface area (Å²) in [4.78, 5) is 34.3. The molecule has 7 heteroatoms. The van der Waals surface area contributed by atoms with Gasteiger partial charge in [0.2, 0.25) is 5.91 Å². The zero-order valence-corrected chi connectivity index (χ0v) is 18.2. The number of phenols is 1. The van der Waals surface area contributed by atoms with Crippen LogP contribution in [0.2, 0.25) is 0 Å². The summed E-state index contributed by atoms with van der Waals surface area (Å²) < 4.78 is 11.5. The molecule has 2 amide bonds. The highest BCUT2D eigenvalue weighted by Gasteiger charge is 2.15. The minimum Gasteiger partial charge on any atom is -0.507 e. The molecular formula is C24H29NO6. The van der Waals surface area contributed by atoms with E-state index < -0.39 is 11.8 Å². The molecule has 0 heterocycles. The molecule has 2 rings (SSSR count). The fourth-order valence-corrected chi connectivity index (χ4v) is 3.04. The number of ether oxygens (including phenoxy) is 2. The summed E-state index contributed by atoms with van der Waals surface area (Å²) in [5.41, 5.74) is 1.37. The van der Waals surface area contributed by atoms with Gasteiger partial charge in [-0.25, -0.2) is 0 Å². The maximum atomic E-state index is 11.7. The van der Waals surface area contributed by atoms with Crippen LogP contribution in [0.4, 0.5) is 0 Å². The Balaban J connectivity index is 1.78. The summed E-state index contributed by atoms with van der Waals surface area (Å²) in [6.45, 7) is 5.67. The van der Waals surface area contributed by atoms with Crippen molar-refractivity contribution >= 4 is 17.6 Å². The molecular weight excluding hydrogens is 398 g/mol. The largest absolute Gasteiger partial charge is 0.507 e. The van der Waals surface area contributed by atoms with Crippen molar-refractivity contribution in [2.75, 3.05) is 13.2 Å². The lowest BCUT2D eigenvalue weighted by Gasteiger charge is -2.14. The molecule has 0 radical (unpaired) electrons. The molecule has 0 aliphatic carbocycles. The SMILES string of the molecule is CCCc1c(OCCCCOc2ccc(C(=O)NC(C)=O)cc2)ccc(C(C)=O)c1O. The second-order valence-corrected chi connectivity index (χ2v) is 7.18. The van der Waals surface area contributed by atoms with Crippen LogP contribution in [0.1, 0.15) is 66.3 Å². The zero-order valence-electron chi connectivity index (χ0n) is 18.2. The fraction of sp³-hybridized carbons (Fsp3) is 0.375. The molecule has 31 heavy (non-hydrogen) atoms. The van der Waals surface area contributed by atoms with Crippen molar-refractivity contribution in [3.05, 3.63) is 53.1 Å². The molecule has 166 valence electrons. The molecule has 0 unspecified atom stereocenters. The van der Waals surface area contributed by atoms with Crippen molar-refractivity contribution in [2.24, 2.45) is 0 Å². The minimum absolute atomic E-state index is 0.00983. The number of phenolic OH excluding ortho intramolecular Hbond substituents is 1. The molecule has 2 aromatic rings. The molecule has 2 aromatic carbocycles. The Morgan fingerprint density at radius 1 is 0.935 bits per heavy atom. The Bertz CT molecular complexity index is 920. The molecule has 0 bridgehead atoms. The summed E-state index contributed by atoms with van der Waals surface area (Å²) in [6.07, 6.45) is 2.97. The molecule has 0 aromatic heterocycles. The van der Waals surface area contributed by atoms with Crippen molar-refractivity contribution in [3.8, 4) is 17.2 Å². The van der Waals surface area contributed by atoms with Crippen molar-refractivity contribution in [1.82, 2.24) is 5.32 Å². The molecule has 0 saturated carbocycles. The van der Waals surface area contributed by atoms with Crippen LogP contribution in [0.3, 0.4) is 0 Å². The van der Waals surface area contributed by atoms with Gasteiger partial charge in [-0.05, 0) is 62.6 Å². The lowest BCUT2D eigenvalue weighted by Crippen LogP contribution is -2.27. The van der Waals surface area contributed by atoms with E-state index in [1.165, 1.54) is 13.8 Å². The van der Waals surface area contributed by atoms with Crippen LogP contribution in [0, 0.1) is 0 Å². The predicted molar refractivity (Wildman–Crippen MR) is 117 cm³/mol. The molecule has 2 N–H and O–H groups in total. The van der Waals surface area contributed by atoms with Gasteiger partial charge in [-0.3, -0.25) is 19.7 Å². The fourth-order valence-electron chi connectivity index (χ4n) is 3.04. The molecule has 0 aliphatic rings. The molecule has 0 spiro atoms. The number of imide groups is 1. The molecule has 0 fully saturated rings. The Hall–Kier alpha value is -3.35. The Morgan fingerprint density at radius 2 is 1.58 bits per heavy atom. The summed E-state index contributed by atoms with van der Waals surface area (Å²) in [7, 11) is 0. The third kappa shape index (κ3) is 7.13. The number of unbranched alkanes of at least 4 members (excludes halogenated alkanes) is 1. The van der Waals surface area contributed by atoms with Crippen molar-refractivity contribution in [1.29, 1.82) is 0 Å². The van der Waals surface area contributed by atoms with E-state index in [9.17, 15) is 19.5 Å². The maximum absolute atomic E-state index is 11.7. The van der Waals surface area contributed by atoms with Crippen LogP contribution in [0.5, 0.6) is 17.2 Å². The number of amides is 2. The second-order valence-electron chi connectivity index (χ2n) is 7.18. The molecule has 0 aliphatic heterocycles. The monoisotopic (exact) mass is 427 g/mol. The zero-order chi connectivity index (χ0) is 22.8.